The number of anilines is 1. The zero-order chi connectivity index (χ0) is 45.2. The van der Waals surface area contributed by atoms with Crippen molar-refractivity contribution in [3.05, 3.63) is 48.5 Å². The standard InChI is InChI=1S/C28H29N5O21S6/c1-51-19-14-21(56(37,38)10-8-54-60(48,49)50)20(52-2)13-18(19)31-32-26-22(57(39,40)41)11-15-12-23(58(42,43)44)27(28(34)24(15)25(26)29)33-30-16-3-5-17(6-4-16)55(35,36)9-7-53-59(45,46)47/h3-6,11-14,34H,7-10,29H2,1-2H3,(H,39,40,41)(H,42,43,44)(H,45,46,47)(H,48,49,50). The predicted molar refractivity (Wildman–Crippen MR) is 203 cm³/mol. The van der Waals surface area contributed by atoms with Crippen LogP contribution in [0.2, 0.25) is 0 Å². The second-order valence-corrected chi connectivity index (χ2v) is 20.6. The summed E-state index contributed by atoms with van der Waals surface area (Å²) in [6.45, 7) is -1.93. The summed E-state index contributed by atoms with van der Waals surface area (Å²) in [4.78, 5) is -3.26. The van der Waals surface area contributed by atoms with E-state index in [-0.39, 0.29) is 22.0 Å². The molecule has 0 aliphatic heterocycles. The van der Waals surface area contributed by atoms with E-state index in [0.29, 0.717) is 12.1 Å². The molecule has 328 valence electrons. The van der Waals surface area contributed by atoms with Gasteiger partial charge >= 0.3 is 20.8 Å². The molecule has 4 aromatic carbocycles. The third-order valence-corrected chi connectivity index (χ3v) is 13.6. The number of hydrogen-bond acceptors (Lipinski definition) is 22. The topological polar surface area (TPSA) is 418 Å². The van der Waals surface area contributed by atoms with Crippen molar-refractivity contribution >= 4 is 99.9 Å². The van der Waals surface area contributed by atoms with Crippen LogP contribution in [-0.4, -0.2) is 113 Å². The number of phenolic OH excluding ortho intramolecular Hbond substituents is 1. The molecule has 0 aliphatic carbocycles. The molecule has 0 radical (unpaired) electrons. The van der Waals surface area contributed by atoms with Gasteiger partial charge in [-0.15, -0.1) is 15.3 Å². The van der Waals surface area contributed by atoms with Gasteiger partial charge in [-0.05, 0) is 41.8 Å². The number of ether oxygens (including phenoxy) is 2. The lowest BCUT2D eigenvalue weighted by Crippen LogP contribution is -2.16. The van der Waals surface area contributed by atoms with E-state index in [9.17, 15) is 64.7 Å². The van der Waals surface area contributed by atoms with Crippen molar-refractivity contribution in [2.45, 2.75) is 19.6 Å². The van der Waals surface area contributed by atoms with E-state index in [1.807, 2.05) is 0 Å². The quantitative estimate of drug-likeness (QED) is 0.0474. The summed E-state index contributed by atoms with van der Waals surface area (Å²) in [7, 11) is -27.1. The van der Waals surface area contributed by atoms with Crippen molar-refractivity contribution in [3.8, 4) is 17.2 Å². The average molecular weight is 964 g/mol. The first kappa shape index (κ1) is 47.7. The second kappa shape index (κ2) is 17.5. The Hall–Kier alpha value is -5.00. The lowest BCUT2D eigenvalue weighted by Gasteiger charge is -2.15. The summed E-state index contributed by atoms with van der Waals surface area (Å²) in [6, 6.07) is 7.02. The van der Waals surface area contributed by atoms with Crippen LogP contribution in [0.25, 0.3) is 10.8 Å². The van der Waals surface area contributed by atoms with Gasteiger partial charge in [0.1, 0.15) is 43.2 Å². The summed E-state index contributed by atoms with van der Waals surface area (Å²) in [5.41, 5.74) is 2.94. The number of nitrogen functional groups attached to an aromatic ring is 1. The third-order valence-electron chi connectivity index (χ3n) is 7.56. The fourth-order valence-electron chi connectivity index (χ4n) is 4.94. The fourth-order valence-corrected chi connectivity index (χ4v) is 9.41. The minimum Gasteiger partial charge on any atom is -0.505 e. The van der Waals surface area contributed by atoms with Gasteiger partial charge in [-0.2, -0.15) is 38.8 Å². The highest BCUT2D eigenvalue weighted by Gasteiger charge is 2.29. The Bertz CT molecular complexity index is 3100. The SMILES string of the molecule is COc1cc(S(=O)(=O)CCOS(=O)(=O)O)c(OC)cc1N=Nc1c(S(=O)(=O)O)cc2cc(S(=O)(=O)O)c(N=Nc3ccc(S(=O)(=O)CCOS(=O)(=O)O)cc3)c(O)c2c1N. The van der Waals surface area contributed by atoms with E-state index in [1.165, 1.54) is 0 Å². The van der Waals surface area contributed by atoms with Crippen molar-refractivity contribution in [2.24, 2.45) is 20.5 Å². The van der Waals surface area contributed by atoms with Gasteiger partial charge in [-0.3, -0.25) is 18.2 Å². The first-order chi connectivity index (χ1) is 27.5. The highest BCUT2D eigenvalue weighted by atomic mass is 32.3. The Labute approximate surface area is 340 Å². The number of phenols is 1. The Balaban J connectivity index is 1.85. The zero-order valence-electron chi connectivity index (χ0n) is 30.0. The van der Waals surface area contributed by atoms with E-state index < -0.39 is 139 Å². The normalized spacial score (nSPS) is 13.4. The second-order valence-electron chi connectivity index (χ2n) is 11.5. The highest BCUT2D eigenvalue weighted by molar-refractivity contribution is 7.92. The van der Waals surface area contributed by atoms with E-state index in [2.05, 4.69) is 28.8 Å². The lowest BCUT2D eigenvalue weighted by molar-refractivity contribution is 0.282. The number of azo groups is 2. The van der Waals surface area contributed by atoms with Crippen LogP contribution >= 0.6 is 0 Å². The molecule has 60 heavy (non-hydrogen) atoms. The molecule has 7 N–H and O–H groups in total. The van der Waals surface area contributed by atoms with Gasteiger partial charge in [0.2, 0.25) is 0 Å². The summed E-state index contributed by atoms with van der Waals surface area (Å²) < 4.78 is 200. The number of aromatic hydroxyl groups is 1. The summed E-state index contributed by atoms with van der Waals surface area (Å²) in [5, 5.41) is 25.2. The van der Waals surface area contributed by atoms with Crippen LogP contribution in [0.15, 0.2) is 88.6 Å². The summed E-state index contributed by atoms with van der Waals surface area (Å²) in [6.07, 6.45) is 0. The summed E-state index contributed by atoms with van der Waals surface area (Å²) in [5.74, 6) is -3.84. The number of nitrogens with zero attached hydrogens (tertiary/aromatic N) is 4. The Morgan fingerprint density at radius 3 is 1.55 bits per heavy atom. The van der Waals surface area contributed by atoms with Crippen molar-refractivity contribution in [2.75, 3.05) is 44.7 Å². The Morgan fingerprint density at radius 1 is 0.583 bits per heavy atom. The first-order valence-corrected chi connectivity index (χ1v) is 24.4. The largest absolute Gasteiger partial charge is 0.505 e. The Morgan fingerprint density at radius 2 is 1.07 bits per heavy atom. The monoisotopic (exact) mass is 963 g/mol. The first-order valence-electron chi connectivity index (χ1n) is 15.4. The minimum absolute atomic E-state index is 0.192. The number of fused-ring (bicyclic) bond motifs is 1. The molecule has 0 spiro atoms. The molecule has 26 nitrogen and oxygen atoms in total. The van der Waals surface area contributed by atoms with Gasteiger partial charge in [0.25, 0.3) is 20.2 Å². The van der Waals surface area contributed by atoms with Gasteiger partial charge in [-0.25, -0.2) is 25.2 Å². The molecule has 0 amide bonds. The molecule has 0 saturated carbocycles. The van der Waals surface area contributed by atoms with Crippen molar-refractivity contribution in [1.29, 1.82) is 0 Å². The molecule has 0 unspecified atom stereocenters. The van der Waals surface area contributed by atoms with Crippen LogP contribution in [0, 0.1) is 0 Å². The van der Waals surface area contributed by atoms with Crippen molar-refractivity contribution in [1.82, 2.24) is 0 Å². The third kappa shape index (κ3) is 11.6. The minimum atomic E-state index is -5.33. The highest BCUT2D eigenvalue weighted by Crippen LogP contribution is 2.49. The van der Waals surface area contributed by atoms with Crippen LogP contribution in [0.5, 0.6) is 17.2 Å². The number of rotatable bonds is 18. The number of nitrogens with two attached hydrogens (primary N) is 1. The zero-order valence-corrected chi connectivity index (χ0v) is 34.9. The van der Waals surface area contributed by atoms with E-state index in [0.717, 1.165) is 50.6 Å². The van der Waals surface area contributed by atoms with Crippen LogP contribution in [0.1, 0.15) is 0 Å². The molecule has 4 rings (SSSR count). The fraction of sp³-hybridized carbons (Fsp3) is 0.214. The molecule has 0 heterocycles. The van der Waals surface area contributed by atoms with Crippen molar-refractivity contribution < 1.29 is 91.7 Å². The predicted octanol–water partition coefficient (Wildman–Crippen LogP) is 2.66. The molecule has 0 aromatic heterocycles. The van der Waals surface area contributed by atoms with Crippen LogP contribution in [0.4, 0.5) is 28.4 Å². The van der Waals surface area contributed by atoms with Crippen LogP contribution in [-0.2, 0) is 69.1 Å². The van der Waals surface area contributed by atoms with Crippen LogP contribution in [0.3, 0.4) is 0 Å². The van der Waals surface area contributed by atoms with E-state index in [4.69, 9.17) is 24.3 Å². The number of methoxy groups -OCH3 is 2. The number of hydrogen-bond donors (Lipinski definition) is 6. The molecule has 0 aliphatic rings. The molecule has 0 saturated heterocycles. The number of sulfone groups is 2. The lowest BCUT2D eigenvalue weighted by atomic mass is 10.1. The van der Waals surface area contributed by atoms with E-state index in [1.54, 1.807) is 0 Å². The van der Waals surface area contributed by atoms with E-state index >= 15 is 0 Å². The van der Waals surface area contributed by atoms with Gasteiger partial charge in [0.05, 0.1) is 60.6 Å². The van der Waals surface area contributed by atoms with Crippen molar-refractivity contribution in [3.63, 3.8) is 0 Å². The molecular weight excluding hydrogens is 935 g/mol. The van der Waals surface area contributed by atoms with Gasteiger partial charge in [0, 0.05) is 12.1 Å². The molecule has 0 bridgehead atoms. The molecule has 4 aromatic rings. The van der Waals surface area contributed by atoms with Gasteiger partial charge in [-0.1, -0.05) is 0 Å². The maximum absolute atomic E-state index is 13.0. The Kier molecular flexibility index (Phi) is 13.9. The average Bonchev–Trinajstić information content (AvgIpc) is 3.11. The molecule has 0 atom stereocenters. The molecule has 0 fully saturated rings. The molecular formula is C28H29N5O21S6. The van der Waals surface area contributed by atoms with Crippen LogP contribution < -0.4 is 15.2 Å². The molecule has 32 heteroatoms. The maximum Gasteiger partial charge on any atom is 0.397 e. The number of benzene rings is 4. The van der Waals surface area contributed by atoms with Gasteiger partial charge in [0.15, 0.2) is 25.4 Å². The summed E-state index contributed by atoms with van der Waals surface area (Å²) >= 11 is 0. The van der Waals surface area contributed by atoms with Gasteiger partial charge < -0.3 is 20.3 Å². The smallest absolute Gasteiger partial charge is 0.397 e. The maximum atomic E-state index is 13.0.